The number of hydrogen-bond acceptors (Lipinski definition) is 7. The number of pyridine rings is 1. The number of nitrogens with zero attached hydrogens (tertiary/aromatic N) is 2. The number of nitro groups is 1. The van der Waals surface area contributed by atoms with Crippen LogP contribution in [0.15, 0.2) is 71.6 Å². The molecule has 4 aromatic rings. The van der Waals surface area contributed by atoms with Crippen molar-refractivity contribution in [2.24, 2.45) is 0 Å². The summed E-state index contributed by atoms with van der Waals surface area (Å²) in [6.07, 6.45) is -0.641. The van der Waals surface area contributed by atoms with Crippen LogP contribution >= 0.6 is 0 Å². The topological polar surface area (TPSA) is 141 Å². The molecule has 0 unspecified atom stereocenters. The summed E-state index contributed by atoms with van der Waals surface area (Å²) in [5.41, 5.74) is 1.32. The highest BCUT2D eigenvalue weighted by Crippen LogP contribution is 2.28. The molecule has 0 bridgehead atoms. The number of hydrogen-bond donors (Lipinski definition) is 2. The van der Waals surface area contributed by atoms with Gasteiger partial charge in [0.05, 0.1) is 23.1 Å². The standard InChI is InChI=1S/C21H16N4O6S/c1-31-21(26)22-15-5-7-16(8-6-15)24-32(29,30)19-4-2-3-13-11-14-12-17(25(27)28)9-10-18(14)23-20(13)19/h2-12,24H,1H3,(H,22,26). The van der Waals surface area contributed by atoms with Crippen molar-refractivity contribution in [3.63, 3.8) is 0 Å². The van der Waals surface area contributed by atoms with Gasteiger partial charge in [0.25, 0.3) is 15.7 Å². The third kappa shape index (κ3) is 4.14. The lowest BCUT2D eigenvalue weighted by atomic mass is 10.1. The van der Waals surface area contributed by atoms with Gasteiger partial charge in [0.15, 0.2) is 0 Å². The van der Waals surface area contributed by atoms with Crippen molar-refractivity contribution < 1.29 is 22.9 Å². The molecule has 0 aliphatic heterocycles. The zero-order valence-corrected chi connectivity index (χ0v) is 17.4. The largest absolute Gasteiger partial charge is 0.453 e. The van der Waals surface area contributed by atoms with Crippen LogP contribution in [0.1, 0.15) is 0 Å². The fraction of sp³-hybridized carbons (Fsp3) is 0.0476. The number of ether oxygens (including phenoxy) is 1. The molecule has 0 saturated carbocycles. The molecule has 0 aliphatic carbocycles. The van der Waals surface area contributed by atoms with Gasteiger partial charge in [-0.1, -0.05) is 12.1 Å². The van der Waals surface area contributed by atoms with Gasteiger partial charge >= 0.3 is 6.09 Å². The number of fused-ring (bicyclic) bond motifs is 2. The average molecular weight is 452 g/mol. The second kappa shape index (κ2) is 8.12. The summed E-state index contributed by atoms with van der Waals surface area (Å²) in [7, 11) is -2.77. The van der Waals surface area contributed by atoms with Crippen LogP contribution < -0.4 is 10.0 Å². The van der Waals surface area contributed by atoms with E-state index in [2.05, 4.69) is 19.8 Å². The molecule has 1 heterocycles. The number of nitro benzene ring substituents is 1. The van der Waals surface area contributed by atoms with Crippen LogP contribution in [-0.4, -0.2) is 31.5 Å². The first-order chi connectivity index (χ1) is 15.3. The van der Waals surface area contributed by atoms with E-state index in [-0.39, 0.29) is 21.8 Å². The zero-order valence-electron chi connectivity index (χ0n) is 16.6. The number of aromatic nitrogens is 1. The lowest BCUT2D eigenvalue weighted by Gasteiger charge is -2.11. The number of benzene rings is 3. The van der Waals surface area contributed by atoms with Gasteiger partial charge in [0, 0.05) is 34.3 Å². The number of carbonyl (C=O) groups excluding carboxylic acids is 1. The normalized spacial score (nSPS) is 11.3. The van der Waals surface area contributed by atoms with Gasteiger partial charge in [0.1, 0.15) is 4.90 Å². The van der Waals surface area contributed by atoms with Crippen LogP contribution in [-0.2, 0) is 14.8 Å². The van der Waals surface area contributed by atoms with Crippen LogP contribution in [0.25, 0.3) is 21.8 Å². The van der Waals surface area contributed by atoms with Crippen molar-refractivity contribution in [3.8, 4) is 0 Å². The van der Waals surface area contributed by atoms with Crippen molar-refractivity contribution >= 4 is 55.0 Å². The van der Waals surface area contributed by atoms with Gasteiger partial charge in [-0.15, -0.1) is 0 Å². The highest BCUT2D eigenvalue weighted by molar-refractivity contribution is 7.93. The number of rotatable bonds is 5. The quantitative estimate of drug-likeness (QED) is 0.262. The molecule has 10 nitrogen and oxygen atoms in total. The molecule has 0 saturated heterocycles. The summed E-state index contributed by atoms with van der Waals surface area (Å²) in [5, 5.41) is 14.6. The Kier molecular flexibility index (Phi) is 5.33. The summed E-state index contributed by atoms with van der Waals surface area (Å²) in [4.78, 5) is 26.2. The van der Waals surface area contributed by atoms with Gasteiger partial charge in [-0.3, -0.25) is 20.2 Å². The number of methoxy groups -OCH3 is 1. The van der Waals surface area contributed by atoms with Crippen LogP contribution in [0.3, 0.4) is 0 Å². The maximum atomic E-state index is 13.1. The minimum absolute atomic E-state index is 0.0352. The van der Waals surface area contributed by atoms with E-state index in [9.17, 15) is 23.3 Å². The van der Waals surface area contributed by atoms with E-state index in [1.807, 2.05) is 0 Å². The van der Waals surface area contributed by atoms with Gasteiger partial charge in [-0.05, 0) is 42.5 Å². The maximum absolute atomic E-state index is 13.1. The van der Waals surface area contributed by atoms with E-state index in [0.29, 0.717) is 22.0 Å². The smallest absolute Gasteiger partial charge is 0.411 e. The van der Waals surface area contributed by atoms with E-state index in [4.69, 9.17) is 0 Å². The molecule has 0 fully saturated rings. The van der Waals surface area contributed by atoms with Crippen LogP contribution in [0, 0.1) is 10.1 Å². The Balaban J connectivity index is 1.70. The van der Waals surface area contributed by atoms with E-state index >= 15 is 0 Å². The van der Waals surface area contributed by atoms with Gasteiger partial charge < -0.3 is 4.74 Å². The van der Waals surface area contributed by atoms with Crippen molar-refractivity contribution in [2.45, 2.75) is 4.90 Å². The van der Waals surface area contributed by atoms with Gasteiger partial charge in [-0.25, -0.2) is 18.2 Å². The van der Waals surface area contributed by atoms with Crippen molar-refractivity contribution in [1.29, 1.82) is 0 Å². The van der Waals surface area contributed by atoms with E-state index < -0.39 is 21.0 Å². The second-order valence-corrected chi connectivity index (χ2v) is 8.40. The Labute approximate surface area is 182 Å². The van der Waals surface area contributed by atoms with E-state index in [0.717, 1.165) is 0 Å². The Hall–Kier alpha value is -4.25. The SMILES string of the molecule is COC(=O)Nc1ccc(NS(=O)(=O)c2cccc3cc4cc([N+](=O)[O-])ccc4nc23)cc1. The first-order valence-electron chi connectivity index (χ1n) is 9.22. The molecular formula is C21H16N4O6S. The number of carbonyl (C=O) groups is 1. The molecule has 3 aromatic carbocycles. The lowest BCUT2D eigenvalue weighted by molar-refractivity contribution is -0.384. The fourth-order valence-corrected chi connectivity index (χ4v) is 4.39. The Bertz CT molecular complexity index is 1470. The molecule has 0 atom stereocenters. The third-order valence-electron chi connectivity index (χ3n) is 4.65. The number of nitrogens with one attached hydrogen (secondary N) is 2. The first kappa shape index (κ1) is 21.0. The number of anilines is 2. The molecule has 4 rings (SSSR count). The average Bonchev–Trinajstić information content (AvgIpc) is 2.77. The molecule has 11 heteroatoms. The number of non-ortho nitro benzene ring substituents is 1. The summed E-state index contributed by atoms with van der Waals surface area (Å²) >= 11 is 0. The minimum atomic E-state index is -4.00. The highest BCUT2D eigenvalue weighted by atomic mass is 32.2. The minimum Gasteiger partial charge on any atom is -0.453 e. The summed E-state index contributed by atoms with van der Waals surface area (Å²) in [6, 6.07) is 16.6. The van der Waals surface area contributed by atoms with Crippen molar-refractivity contribution in [2.75, 3.05) is 17.1 Å². The van der Waals surface area contributed by atoms with Crippen LogP contribution in [0.5, 0.6) is 0 Å². The number of amides is 1. The Morgan fingerprint density at radius 1 is 1.00 bits per heavy atom. The molecule has 1 amide bonds. The molecule has 32 heavy (non-hydrogen) atoms. The third-order valence-corrected chi connectivity index (χ3v) is 6.07. The highest BCUT2D eigenvalue weighted by Gasteiger charge is 2.19. The zero-order chi connectivity index (χ0) is 22.9. The molecule has 0 radical (unpaired) electrons. The number of sulfonamides is 1. The van der Waals surface area contributed by atoms with E-state index in [1.165, 1.54) is 55.6 Å². The molecule has 2 N–H and O–H groups in total. The molecular weight excluding hydrogens is 436 g/mol. The van der Waals surface area contributed by atoms with E-state index in [1.54, 1.807) is 18.2 Å². The van der Waals surface area contributed by atoms with Gasteiger partial charge in [-0.2, -0.15) is 0 Å². The molecule has 0 aliphatic rings. The predicted molar refractivity (Wildman–Crippen MR) is 119 cm³/mol. The maximum Gasteiger partial charge on any atom is 0.411 e. The predicted octanol–water partition coefficient (Wildman–Crippen LogP) is 4.28. The van der Waals surface area contributed by atoms with Crippen LogP contribution in [0.4, 0.5) is 21.9 Å². The molecule has 162 valence electrons. The Morgan fingerprint density at radius 2 is 1.72 bits per heavy atom. The van der Waals surface area contributed by atoms with Gasteiger partial charge in [0.2, 0.25) is 0 Å². The summed E-state index contributed by atoms with van der Waals surface area (Å²) in [5.74, 6) is 0. The second-order valence-electron chi connectivity index (χ2n) is 6.75. The summed E-state index contributed by atoms with van der Waals surface area (Å²) < 4.78 is 33.2. The molecule has 0 spiro atoms. The molecule has 1 aromatic heterocycles. The Morgan fingerprint density at radius 3 is 2.41 bits per heavy atom. The first-order valence-corrected chi connectivity index (χ1v) is 10.7. The fourth-order valence-electron chi connectivity index (χ4n) is 3.15. The number of para-hydroxylation sites is 1. The lowest BCUT2D eigenvalue weighted by Crippen LogP contribution is -2.14. The van der Waals surface area contributed by atoms with Crippen molar-refractivity contribution in [1.82, 2.24) is 4.98 Å². The monoisotopic (exact) mass is 452 g/mol. The van der Waals surface area contributed by atoms with Crippen molar-refractivity contribution in [3.05, 3.63) is 76.8 Å². The van der Waals surface area contributed by atoms with Crippen LogP contribution in [0.2, 0.25) is 0 Å². The summed E-state index contributed by atoms with van der Waals surface area (Å²) in [6.45, 7) is 0.